The summed E-state index contributed by atoms with van der Waals surface area (Å²) >= 11 is 0. The molecule has 0 fully saturated rings. The minimum atomic E-state index is 0.332. The van der Waals surface area contributed by atoms with E-state index >= 15 is 0 Å². The van der Waals surface area contributed by atoms with Crippen LogP contribution < -0.4 is 0 Å². The number of rotatable bonds is 3. The van der Waals surface area contributed by atoms with Gasteiger partial charge < -0.3 is 5.11 Å². The summed E-state index contributed by atoms with van der Waals surface area (Å²) in [5.41, 5.74) is 3.16. The maximum atomic E-state index is 9.84. The molecule has 1 radical (unpaired) electrons. The van der Waals surface area contributed by atoms with Gasteiger partial charge in [0, 0.05) is 5.56 Å². The van der Waals surface area contributed by atoms with Crippen LogP contribution in [0, 0.1) is 6.92 Å². The fourth-order valence-corrected chi connectivity index (χ4v) is 1.79. The number of phenols is 1. The fourth-order valence-electron chi connectivity index (χ4n) is 1.79. The van der Waals surface area contributed by atoms with E-state index in [0.29, 0.717) is 5.75 Å². The second-order valence-electron chi connectivity index (χ2n) is 3.82. The lowest BCUT2D eigenvalue weighted by Crippen LogP contribution is -1.85. The Balaban J connectivity index is 2.43. The van der Waals surface area contributed by atoms with E-state index in [0.717, 1.165) is 24.0 Å². The van der Waals surface area contributed by atoms with Gasteiger partial charge in [-0.15, -0.1) is 0 Å². The van der Waals surface area contributed by atoms with Crippen molar-refractivity contribution in [3.8, 4) is 16.9 Å². The summed E-state index contributed by atoms with van der Waals surface area (Å²) in [6.07, 6.45) is 1.82. The molecule has 0 saturated carbocycles. The van der Waals surface area contributed by atoms with Crippen LogP contribution in [0.1, 0.15) is 12.0 Å². The Morgan fingerprint density at radius 2 is 1.75 bits per heavy atom. The van der Waals surface area contributed by atoms with Gasteiger partial charge in [-0.25, -0.2) is 0 Å². The Morgan fingerprint density at radius 1 is 1.00 bits per heavy atom. The van der Waals surface area contributed by atoms with E-state index in [1.807, 2.05) is 42.5 Å². The van der Waals surface area contributed by atoms with Crippen molar-refractivity contribution in [1.29, 1.82) is 0 Å². The number of phenolic OH excluding ortho intramolecular Hbond substituents is 1. The third-order valence-electron chi connectivity index (χ3n) is 2.61. The highest BCUT2D eigenvalue weighted by Gasteiger charge is 2.04. The van der Waals surface area contributed by atoms with Crippen molar-refractivity contribution in [2.75, 3.05) is 0 Å². The summed E-state index contributed by atoms with van der Waals surface area (Å²) in [6, 6.07) is 15.7. The summed E-state index contributed by atoms with van der Waals surface area (Å²) in [5.74, 6) is 0.332. The summed E-state index contributed by atoms with van der Waals surface area (Å²) in [5, 5.41) is 9.84. The third kappa shape index (κ3) is 2.25. The molecule has 16 heavy (non-hydrogen) atoms. The molecule has 2 aromatic carbocycles. The van der Waals surface area contributed by atoms with Gasteiger partial charge in [0.05, 0.1) is 0 Å². The third-order valence-corrected chi connectivity index (χ3v) is 2.61. The first-order valence-corrected chi connectivity index (χ1v) is 5.48. The van der Waals surface area contributed by atoms with Crippen LogP contribution in [0.5, 0.6) is 5.75 Å². The number of hydrogen-bond acceptors (Lipinski definition) is 1. The average Bonchev–Trinajstić information content (AvgIpc) is 2.33. The van der Waals surface area contributed by atoms with Gasteiger partial charge in [-0.2, -0.15) is 0 Å². The van der Waals surface area contributed by atoms with Gasteiger partial charge in [0.2, 0.25) is 0 Å². The molecular weight excluding hydrogens is 196 g/mol. The molecule has 0 unspecified atom stereocenters. The van der Waals surface area contributed by atoms with Crippen LogP contribution in [0.2, 0.25) is 0 Å². The molecule has 0 spiro atoms. The van der Waals surface area contributed by atoms with Crippen molar-refractivity contribution in [2.45, 2.75) is 12.8 Å². The van der Waals surface area contributed by atoms with Gasteiger partial charge in [0.25, 0.3) is 0 Å². The average molecular weight is 211 g/mol. The van der Waals surface area contributed by atoms with E-state index in [1.165, 1.54) is 5.56 Å². The smallest absolute Gasteiger partial charge is 0.123 e. The van der Waals surface area contributed by atoms with Crippen LogP contribution in [0.25, 0.3) is 11.1 Å². The predicted molar refractivity (Wildman–Crippen MR) is 67.2 cm³/mol. The molecule has 1 N–H and O–H groups in total. The van der Waals surface area contributed by atoms with E-state index in [-0.39, 0.29) is 0 Å². The molecule has 0 heterocycles. The fraction of sp³-hybridized carbons (Fsp3) is 0.133. The van der Waals surface area contributed by atoms with Crippen molar-refractivity contribution in [3.05, 3.63) is 61.0 Å². The first kappa shape index (κ1) is 10.7. The van der Waals surface area contributed by atoms with Crippen molar-refractivity contribution < 1.29 is 5.11 Å². The van der Waals surface area contributed by atoms with Crippen LogP contribution in [0.4, 0.5) is 0 Å². The highest BCUT2D eigenvalue weighted by Crippen LogP contribution is 2.30. The zero-order chi connectivity index (χ0) is 11.4. The van der Waals surface area contributed by atoms with Crippen LogP contribution in [0.3, 0.4) is 0 Å². The molecule has 0 aliphatic rings. The highest BCUT2D eigenvalue weighted by molar-refractivity contribution is 5.70. The Kier molecular flexibility index (Phi) is 3.25. The van der Waals surface area contributed by atoms with Gasteiger partial charge in [-0.1, -0.05) is 43.3 Å². The van der Waals surface area contributed by atoms with Crippen LogP contribution in [0.15, 0.2) is 48.5 Å². The second-order valence-corrected chi connectivity index (χ2v) is 3.82. The zero-order valence-corrected chi connectivity index (χ0v) is 9.19. The predicted octanol–water partition coefficient (Wildman–Crippen LogP) is 3.83. The van der Waals surface area contributed by atoms with E-state index in [1.54, 1.807) is 6.07 Å². The molecule has 0 aliphatic heterocycles. The van der Waals surface area contributed by atoms with Crippen molar-refractivity contribution in [2.24, 2.45) is 0 Å². The molecule has 2 rings (SSSR count). The normalized spacial score (nSPS) is 10.3. The SMILES string of the molecule is [CH2]CCc1ccc(O)c(-c2ccccc2)c1. The molecule has 2 aromatic rings. The summed E-state index contributed by atoms with van der Waals surface area (Å²) in [7, 11) is 0. The number of benzene rings is 2. The van der Waals surface area contributed by atoms with Gasteiger partial charge >= 0.3 is 0 Å². The van der Waals surface area contributed by atoms with Crippen molar-refractivity contribution in [1.82, 2.24) is 0 Å². The monoisotopic (exact) mass is 211 g/mol. The largest absolute Gasteiger partial charge is 0.507 e. The summed E-state index contributed by atoms with van der Waals surface area (Å²) in [4.78, 5) is 0. The van der Waals surface area contributed by atoms with E-state index < -0.39 is 0 Å². The van der Waals surface area contributed by atoms with Gasteiger partial charge in [-0.05, 0) is 36.1 Å². The second kappa shape index (κ2) is 4.84. The Labute approximate surface area is 96.4 Å². The highest BCUT2D eigenvalue weighted by atomic mass is 16.3. The molecule has 0 bridgehead atoms. The summed E-state index contributed by atoms with van der Waals surface area (Å²) in [6.45, 7) is 3.84. The molecule has 0 aliphatic carbocycles. The van der Waals surface area contributed by atoms with Gasteiger partial charge in [-0.3, -0.25) is 0 Å². The topological polar surface area (TPSA) is 20.2 Å². The maximum Gasteiger partial charge on any atom is 0.123 e. The number of aromatic hydroxyl groups is 1. The van der Waals surface area contributed by atoms with E-state index in [4.69, 9.17) is 0 Å². The quantitative estimate of drug-likeness (QED) is 0.818. The standard InChI is InChI=1S/C15H15O/c1-2-6-12-9-10-15(16)14(11-12)13-7-4-3-5-8-13/h3-5,7-11,16H,1-2,6H2. The molecular formula is C15H15O. The molecule has 0 saturated heterocycles. The van der Waals surface area contributed by atoms with Gasteiger partial charge in [0.15, 0.2) is 0 Å². The molecule has 0 atom stereocenters. The molecule has 0 amide bonds. The first-order chi connectivity index (χ1) is 7.81. The van der Waals surface area contributed by atoms with Gasteiger partial charge in [0.1, 0.15) is 5.75 Å². The van der Waals surface area contributed by atoms with Crippen LogP contribution in [-0.4, -0.2) is 5.11 Å². The Hall–Kier alpha value is -1.76. The molecule has 81 valence electrons. The summed E-state index contributed by atoms with van der Waals surface area (Å²) < 4.78 is 0. The van der Waals surface area contributed by atoms with E-state index in [2.05, 4.69) is 6.92 Å². The lowest BCUT2D eigenvalue weighted by atomic mass is 10.0. The first-order valence-electron chi connectivity index (χ1n) is 5.48. The van der Waals surface area contributed by atoms with Crippen molar-refractivity contribution >= 4 is 0 Å². The number of aryl methyl sites for hydroxylation is 1. The molecule has 1 nitrogen and oxygen atoms in total. The van der Waals surface area contributed by atoms with E-state index in [9.17, 15) is 5.11 Å². The minimum Gasteiger partial charge on any atom is -0.507 e. The van der Waals surface area contributed by atoms with Crippen LogP contribution in [-0.2, 0) is 6.42 Å². The zero-order valence-electron chi connectivity index (χ0n) is 9.19. The molecule has 0 aromatic heterocycles. The molecule has 1 heteroatoms. The van der Waals surface area contributed by atoms with Crippen LogP contribution >= 0.6 is 0 Å². The maximum absolute atomic E-state index is 9.84. The Bertz CT molecular complexity index is 460. The lowest BCUT2D eigenvalue weighted by molar-refractivity contribution is 0.477. The Morgan fingerprint density at radius 3 is 2.44 bits per heavy atom. The minimum absolute atomic E-state index is 0.332. The lowest BCUT2D eigenvalue weighted by Gasteiger charge is -2.07. The number of hydrogen-bond donors (Lipinski definition) is 1. The van der Waals surface area contributed by atoms with Crippen molar-refractivity contribution in [3.63, 3.8) is 0 Å².